The van der Waals surface area contributed by atoms with Gasteiger partial charge in [-0.1, -0.05) is 64.7 Å². The fourth-order valence-electron chi connectivity index (χ4n) is 3.48. The largest absolute Gasteiger partial charge is 0.447 e. The van der Waals surface area contributed by atoms with Crippen LogP contribution in [-0.4, -0.2) is 54.1 Å². The van der Waals surface area contributed by atoms with E-state index < -0.39 is 16.9 Å². The highest BCUT2D eigenvalue weighted by atomic mass is 28.4. The van der Waals surface area contributed by atoms with Crippen LogP contribution in [-0.2, 0) is 13.6 Å². The van der Waals surface area contributed by atoms with Crippen LogP contribution in [0.4, 0.5) is 4.79 Å². The van der Waals surface area contributed by atoms with Crippen LogP contribution in [0.3, 0.4) is 0 Å². The molecule has 0 unspecified atom stereocenters. The van der Waals surface area contributed by atoms with Gasteiger partial charge in [0.25, 0.3) is 0 Å². The molecule has 0 aliphatic heterocycles. The lowest BCUT2D eigenvalue weighted by Gasteiger charge is -2.29. The summed E-state index contributed by atoms with van der Waals surface area (Å²) in [5.74, 6) is 0. The van der Waals surface area contributed by atoms with Gasteiger partial charge in [-0.3, -0.25) is 0 Å². The second kappa shape index (κ2) is 18.2. The minimum atomic E-state index is -2.46. The van der Waals surface area contributed by atoms with E-state index in [0.29, 0.717) is 19.8 Å². The van der Waals surface area contributed by atoms with Crippen molar-refractivity contribution in [2.24, 2.45) is 0 Å². The third kappa shape index (κ3) is 22.3. The van der Waals surface area contributed by atoms with Gasteiger partial charge in [0.1, 0.15) is 6.61 Å². The molecular formula is C22H49NO5Si2. The molecule has 0 aliphatic carbocycles. The maximum Gasteiger partial charge on any atom is 0.407 e. The Labute approximate surface area is 187 Å². The molecule has 1 amide bonds. The molecule has 0 heterocycles. The van der Waals surface area contributed by atoms with Gasteiger partial charge in [-0.15, -0.1) is 0 Å². The van der Waals surface area contributed by atoms with Crippen LogP contribution in [0.5, 0.6) is 0 Å². The van der Waals surface area contributed by atoms with Gasteiger partial charge in [0.15, 0.2) is 8.32 Å². The number of carbonyl (C=O) groups excluding carboxylic acids is 1. The van der Waals surface area contributed by atoms with Crippen molar-refractivity contribution in [3.63, 3.8) is 0 Å². The predicted octanol–water partition coefficient (Wildman–Crippen LogP) is 5.96. The molecule has 0 spiro atoms. The first kappa shape index (κ1) is 29.6. The molecule has 6 nitrogen and oxygen atoms in total. The fraction of sp³-hybridized carbons (Fsp3) is 0.955. The van der Waals surface area contributed by atoms with E-state index in [1.165, 1.54) is 51.4 Å². The Bertz CT molecular complexity index is 417. The van der Waals surface area contributed by atoms with Gasteiger partial charge in [0, 0.05) is 13.2 Å². The molecule has 0 bridgehead atoms. The van der Waals surface area contributed by atoms with E-state index >= 15 is 0 Å². The average molecular weight is 464 g/mol. The van der Waals surface area contributed by atoms with Crippen molar-refractivity contribution in [3.8, 4) is 0 Å². The quantitative estimate of drug-likeness (QED) is 0.172. The third-order valence-electron chi connectivity index (χ3n) is 4.85. The number of carbonyl (C=O) groups is 1. The highest BCUT2D eigenvalue weighted by Gasteiger charge is 2.31. The fourth-order valence-corrected chi connectivity index (χ4v) is 10.3. The standard InChI is InChI=1S/C22H49NO5Si2/c1-6-7-8-9-10-11-12-13-14-15-17-23-22(24)27-20-19-26-18-16-21-29(2,3)28-30(4,5)25/h25H,6-21H2,1-5H3,(H,23,24). The third-order valence-corrected chi connectivity index (χ3v) is 10.6. The SMILES string of the molecule is CCCCCCCCCCCCNC(=O)OCCOCCC[Si](C)(C)O[Si](C)(C)O. The van der Waals surface area contributed by atoms with Crippen molar-refractivity contribution >= 4 is 23.0 Å². The van der Waals surface area contributed by atoms with Crippen molar-refractivity contribution < 1.29 is 23.2 Å². The van der Waals surface area contributed by atoms with E-state index in [0.717, 1.165) is 25.3 Å². The van der Waals surface area contributed by atoms with Crippen LogP contribution in [0.1, 0.15) is 77.6 Å². The first-order valence-electron chi connectivity index (χ1n) is 12.1. The molecule has 0 atom stereocenters. The lowest BCUT2D eigenvalue weighted by Crippen LogP contribution is -2.44. The van der Waals surface area contributed by atoms with Crippen molar-refractivity contribution in [1.29, 1.82) is 0 Å². The second-order valence-electron chi connectivity index (χ2n) is 9.27. The average Bonchev–Trinajstić information content (AvgIpc) is 2.63. The van der Waals surface area contributed by atoms with Gasteiger partial charge in [-0.05, 0) is 45.1 Å². The van der Waals surface area contributed by atoms with E-state index in [9.17, 15) is 9.59 Å². The Morgan fingerprint density at radius 1 is 0.800 bits per heavy atom. The molecule has 0 aromatic carbocycles. The smallest absolute Gasteiger partial charge is 0.407 e. The lowest BCUT2D eigenvalue weighted by atomic mass is 10.1. The molecule has 0 fully saturated rings. The molecule has 0 saturated carbocycles. The van der Waals surface area contributed by atoms with Crippen molar-refractivity contribution in [3.05, 3.63) is 0 Å². The van der Waals surface area contributed by atoms with Crippen LogP contribution in [0.15, 0.2) is 0 Å². The van der Waals surface area contributed by atoms with Gasteiger partial charge in [0.2, 0.25) is 0 Å². The Morgan fingerprint density at radius 3 is 1.93 bits per heavy atom. The number of hydrogen-bond acceptors (Lipinski definition) is 5. The van der Waals surface area contributed by atoms with Crippen LogP contribution >= 0.6 is 0 Å². The van der Waals surface area contributed by atoms with E-state index in [-0.39, 0.29) is 12.7 Å². The summed E-state index contributed by atoms with van der Waals surface area (Å²) in [6.45, 7) is 12.1. The number of unbranched alkanes of at least 4 members (excludes halogenated alkanes) is 9. The van der Waals surface area contributed by atoms with Crippen LogP contribution in [0.25, 0.3) is 0 Å². The first-order chi connectivity index (χ1) is 14.2. The predicted molar refractivity (Wildman–Crippen MR) is 130 cm³/mol. The van der Waals surface area contributed by atoms with Crippen molar-refractivity contribution in [2.45, 2.75) is 110 Å². The lowest BCUT2D eigenvalue weighted by molar-refractivity contribution is 0.0728. The molecular weight excluding hydrogens is 414 g/mol. The summed E-state index contributed by atoms with van der Waals surface area (Å²) in [4.78, 5) is 21.5. The molecule has 8 heteroatoms. The maximum absolute atomic E-state index is 11.6. The van der Waals surface area contributed by atoms with Gasteiger partial charge < -0.3 is 23.7 Å². The second-order valence-corrected chi connectivity index (χ2v) is 17.0. The summed E-state index contributed by atoms with van der Waals surface area (Å²) in [6, 6.07) is 0.949. The molecule has 0 radical (unpaired) electrons. The van der Waals surface area contributed by atoms with E-state index in [4.69, 9.17) is 13.6 Å². The number of alkyl carbamates (subject to hydrolysis) is 1. The van der Waals surface area contributed by atoms with Crippen LogP contribution < -0.4 is 5.32 Å². The van der Waals surface area contributed by atoms with Crippen molar-refractivity contribution in [2.75, 3.05) is 26.4 Å². The molecule has 0 rings (SSSR count). The van der Waals surface area contributed by atoms with Gasteiger partial charge in [-0.2, -0.15) is 0 Å². The van der Waals surface area contributed by atoms with E-state index in [1.54, 1.807) is 13.1 Å². The molecule has 0 saturated heterocycles. The number of amides is 1. The van der Waals surface area contributed by atoms with Crippen molar-refractivity contribution in [1.82, 2.24) is 5.32 Å². The number of hydrogen-bond donors (Lipinski definition) is 2. The highest BCUT2D eigenvalue weighted by molar-refractivity contribution is 6.81. The molecule has 30 heavy (non-hydrogen) atoms. The maximum atomic E-state index is 11.6. The van der Waals surface area contributed by atoms with Gasteiger partial charge in [-0.25, -0.2) is 4.79 Å². The van der Waals surface area contributed by atoms with E-state index in [1.807, 2.05) is 0 Å². The summed E-state index contributed by atoms with van der Waals surface area (Å²) < 4.78 is 16.5. The van der Waals surface area contributed by atoms with Gasteiger partial charge in [0.05, 0.1) is 6.61 Å². The molecule has 2 N–H and O–H groups in total. The Kier molecular flexibility index (Phi) is 17.9. The number of ether oxygens (including phenoxy) is 2. The molecule has 180 valence electrons. The monoisotopic (exact) mass is 463 g/mol. The van der Waals surface area contributed by atoms with Crippen LogP contribution in [0, 0.1) is 0 Å². The molecule has 0 aromatic rings. The normalized spacial score (nSPS) is 12.2. The zero-order valence-electron chi connectivity index (χ0n) is 20.4. The summed E-state index contributed by atoms with van der Waals surface area (Å²) in [5.41, 5.74) is 0. The highest BCUT2D eigenvalue weighted by Crippen LogP contribution is 2.18. The van der Waals surface area contributed by atoms with Gasteiger partial charge >= 0.3 is 14.7 Å². The molecule has 0 aliphatic rings. The summed E-state index contributed by atoms with van der Waals surface area (Å²) in [5, 5.41) is 2.80. The zero-order chi connectivity index (χ0) is 22.7. The Balaban J connectivity index is 3.38. The summed E-state index contributed by atoms with van der Waals surface area (Å²) in [6.07, 6.45) is 13.4. The minimum absolute atomic E-state index is 0.276. The Morgan fingerprint density at radius 2 is 1.37 bits per heavy atom. The summed E-state index contributed by atoms with van der Waals surface area (Å²) >= 11 is 0. The number of rotatable bonds is 20. The first-order valence-corrected chi connectivity index (χ1v) is 18.0. The number of nitrogens with one attached hydrogen (secondary N) is 1. The molecule has 0 aromatic heterocycles. The van der Waals surface area contributed by atoms with E-state index in [2.05, 4.69) is 25.3 Å². The van der Waals surface area contributed by atoms with Crippen LogP contribution in [0.2, 0.25) is 32.2 Å². The minimum Gasteiger partial charge on any atom is -0.447 e. The zero-order valence-corrected chi connectivity index (χ0v) is 22.4. The topological polar surface area (TPSA) is 77.0 Å². The summed E-state index contributed by atoms with van der Waals surface area (Å²) in [7, 11) is -4.28. The Hall–Kier alpha value is -0.416.